The summed E-state index contributed by atoms with van der Waals surface area (Å²) in [4.78, 5) is 37.1. The zero-order chi connectivity index (χ0) is 17.1. The van der Waals surface area contributed by atoms with Crippen LogP contribution in [0.25, 0.3) is 0 Å². The van der Waals surface area contributed by atoms with Crippen molar-refractivity contribution in [2.45, 2.75) is 25.8 Å². The van der Waals surface area contributed by atoms with Gasteiger partial charge in [-0.25, -0.2) is 9.18 Å². The number of carbonyl (C=O) groups is 3. The van der Waals surface area contributed by atoms with Gasteiger partial charge in [0.15, 0.2) is 0 Å². The summed E-state index contributed by atoms with van der Waals surface area (Å²) < 4.78 is 13.7. The lowest BCUT2D eigenvalue weighted by molar-refractivity contribution is -0.145. The summed E-state index contributed by atoms with van der Waals surface area (Å²) in [6, 6.07) is 3.10. The van der Waals surface area contributed by atoms with Crippen LogP contribution in [-0.4, -0.2) is 47.4 Å². The van der Waals surface area contributed by atoms with Crippen molar-refractivity contribution in [3.63, 3.8) is 0 Å². The van der Waals surface area contributed by atoms with Gasteiger partial charge in [0.2, 0.25) is 5.91 Å². The van der Waals surface area contributed by atoms with E-state index in [-0.39, 0.29) is 30.0 Å². The predicted octanol–water partition coefficient (Wildman–Crippen LogP) is 1.19. The Labute approximate surface area is 133 Å². The number of carbonyl (C=O) groups excluding carboxylic acids is 2. The number of likely N-dealkylation sites (tertiary alicyclic amines) is 1. The Morgan fingerprint density at radius 2 is 2.00 bits per heavy atom. The van der Waals surface area contributed by atoms with Crippen molar-refractivity contribution in [2.75, 3.05) is 13.6 Å². The van der Waals surface area contributed by atoms with Crippen molar-refractivity contribution in [1.29, 1.82) is 0 Å². The molecular weight excluding hydrogens is 303 g/mol. The first kappa shape index (κ1) is 16.9. The molecule has 6 nitrogen and oxygen atoms in total. The van der Waals surface area contributed by atoms with Gasteiger partial charge in [-0.3, -0.25) is 9.59 Å². The number of piperidine rings is 1. The molecule has 1 aromatic carbocycles. The maximum Gasteiger partial charge on any atom is 0.326 e. The fourth-order valence-electron chi connectivity index (χ4n) is 2.86. The van der Waals surface area contributed by atoms with Crippen molar-refractivity contribution in [2.24, 2.45) is 5.92 Å². The molecule has 23 heavy (non-hydrogen) atoms. The molecule has 0 aromatic heterocycles. The highest BCUT2D eigenvalue weighted by Gasteiger charge is 2.38. The minimum Gasteiger partial charge on any atom is -0.480 e. The number of halogens is 1. The highest BCUT2D eigenvalue weighted by Crippen LogP contribution is 2.25. The van der Waals surface area contributed by atoms with Crippen molar-refractivity contribution in [3.8, 4) is 0 Å². The summed E-state index contributed by atoms with van der Waals surface area (Å²) in [5, 5.41) is 11.9. The van der Waals surface area contributed by atoms with Gasteiger partial charge in [-0.15, -0.1) is 0 Å². The van der Waals surface area contributed by atoms with Gasteiger partial charge in [-0.05, 0) is 37.5 Å². The molecule has 0 saturated carbocycles. The fourth-order valence-corrected chi connectivity index (χ4v) is 2.86. The third-order valence-corrected chi connectivity index (χ3v) is 4.24. The number of carboxylic acids is 1. The zero-order valence-corrected chi connectivity index (χ0v) is 13.0. The lowest BCUT2D eigenvalue weighted by Crippen LogP contribution is -2.53. The normalized spacial score (nSPS) is 20.9. The summed E-state index contributed by atoms with van der Waals surface area (Å²) in [5.74, 6) is -2.91. The number of hydrogen-bond donors (Lipinski definition) is 2. The van der Waals surface area contributed by atoms with Gasteiger partial charge in [0.05, 0.1) is 5.92 Å². The molecule has 2 atom stereocenters. The molecule has 0 bridgehead atoms. The van der Waals surface area contributed by atoms with Crippen LogP contribution in [0.4, 0.5) is 4.39 Å². The van der Waals surface area contributed by atoms with Crippen molar-refractivity contribution in [3.05, 3.63) is 35.1 Å². The number of nitrogens with one attached hydrogen (secondary N) is 1. The van der Waals surface area contributed by atoms with Crippen molar-refractivity contribution < 1.29 is 23.9 Å². The topological polar surface area (TPSA) is 86.7 Å². The van der Waals surface area contributed by atoms with Crippen LogP contribution in [0, 0.1) is 18.7 Å². The van der Waals surface area contributed by atoms with Gasteiger partial charge in [0.1, 0.15) is 11.9 Å². The Bertz CT molecular complexity index is 647. The lowest BCUT2D eigenvalue weighted by atomic mass is 9.91. The van der Waals surface area contributed by atoms with Crippen LogP contribution in [-0.2, 0) is 9.59 Å². The smallest absolute Gasteiger partial charge is 0.326 e. The molecule has 7 heteroatoms. The van der Waals surface area contributed by atoms with Crippen LogP contribution in [0.2, 0.25) is 0 Å². The van der Waals surface area contributed by atoms with E-state index < -0.39 is 29.7 Å². The highest BCUT2D eigenvalue weighted by atomic mass is 19.1. The summed E-state index contributed by atoms with van der Waals surface area (Å²) in [7, 11) is 1.49. The molecule has 1 aliphatic heterocycles. The first-order valence-electron chi connectivity index (χ1n) is 7.37. The summed E-state index contributed by atoms with van der Waals surface area (Å²) in [6.45, 7) is 1.48. The van der Waals surface area contributed by atoms with E-state index in [1.165, 1.54) is 32.2 Å². The van der Waals surface area contributed by atoms with Crippen molar-refractivity contribution >= 4 is 17.8 Å². The second-order valence-electron chi connectivity index (χ2n) is 5.61. The molecule has 0 radical (unpaired) electrons. The molecule has 124 valence electrons. The maximum absolute atomic E-state index is 13.7. The molecule has 1 saturated heterocycles. The van der Waals surface area contributed by atoms with E-state index in [0.717, 1.165) is 4.90 Å². The minimum absolute atomic E-state index is 0.00538. The summed E-state index contributed by atoms with van der Waals surface area (Å²) in [6.07, 6.45) is 0.579. The van der Waals surface area contributed by atoms with E-state index in [4.69, 9.17) is 0 Å². The molecule has 0 aliphatic carbocycles. The van der Waals surface area contributed by atoms with Crippen LogP contribution in [0.1, 0.15) is 28.8 Å². The molecule has 1 fully saturated rings. The van der Waals surface area contributed by atoms with E-state index in [1.54, 1.807) is 0 Å². The first-order chi connectivity index (χ1) is 10.9. The van der Waals surface area contributed by atoms with E-state index in [0.29, 0.717) is 6.42 Å². The number of benzene rings is 1. The van der Waals surface area contributed by atoms with Gasteiger partial charge >= 0.3 is 5.97 Å². The Hall–Kier alpha value is -2.44. The fraction of sp³-hybridized carbons (Fsp3) is 0.438. The minimum atomic E-state index is -1.12. The number of aliphatic carboxylic acids is 1. The van der Waals surface area contributed by atoms with E-state index >= 15 is 0 Å². The number of carboxylic acid groups (broad SMARTS) is 1. The molecule has 2 N–H and O–H groups in total. The highest BCUT2D eigenvalue weighted by molar-refractivity contribution is 5.98. The van der Waals surface area contributed by atoms with Crippen molar-refractivity contribution in [1.82, 2.24) is 10.2 Å². The molecule has 1 aromatic rings. The van der Waals surface area contributed by atoms with Gasteiger partial charge in [-0.1, -0.05) is 6.07 Å². The monoisotopic (exact) mass is 322 g/mol. The van der Waals surface area contributed by atoms with Crippen LogP contribution < -0.4 is 5.32 Å². The molecule has 1 heterocycles. The van der Waals surface area contributed by atoms with Gasteiger partial charge in [0.25, 0.3) is 5.91 Å². The van der Waals surface area contributed by atoms with Gasteiger partial charge in [0, 0.05) is 19.2 Å². The number of nitrogens with zero attached hydrogens (tertiary/aromatic N) is 1. The average Bonchev–Trinajstić information content (AvgIpc) is 2.55. The predicted molar refractivity (Wildman–Crippen MR) is 80.4 cm³/mol. The molecule has 2 rings (SSSR count). The quantitative estimate of drug-likeness (QED) is 0.875. The summed E-state index contributed by atoms with van der Waals surface area (Å²) >= 11 is 0. The van der Waals surface area contributed by atoms with Gasteiger partial charge in [-0.2, -0.15) is 0 Å². The molecular formula is C16H19FN2O4. The van der Waals surface area contributed by atoms with Crippen LogP contribution in [0.5, 0.6) is 0 Å². The third kappa shape index (κ3) is 3.33. The zero-order valence-electron chi connectivity index (χ0n) is 13.0. The Balaban J connectivity index is 2.34. The second kappa shape index (κ2) is 6.76. The van der Waals surface area contributed by atoms with Crippen LogP contribution in [0.3, 0.4) is 0 Å². The summed E-state index contributed by atoms with van der Waals surface area (Å²) in [5.41, 5.74) is 0.289. The largest absolute Gasteiger partial charge is 0.480 e. The Morgan fingerprint density at radius 1 is 1.30 bits per heavy atom. The third-order valence-electron chi connectivity index (χ3n) is 4.24. The van der Waals surface area contributed by atoms with Crippen LogP contribution in [0.15, 0.2) is 18.2 Å². The van der Waals surface area contributed by atoms with E-state index in [9.17, 15) is 23.9 Å². The van der Waals surface area contributed by atoms with E-state index in [2.05, 4.69) is 5.32 Å². The number of amides is 2. The van der Waals surface area contributed by atoms with Gasteiger partial charge < -0.3 is 15.3 Å². The molecule has 0 unspecified atom stereocenters. The molecule has 2 amide bonds. The molecule has 0 spiro atoms. The first-order valence-corrected chi connectivity index (χ1v) is 7.37. The van der Waals surface area contributed by atoms with Crippen LogP contribution >= 0.6 is 0 Å². The Kier molecular flexibility index (Phi) is 4.98. The lowest BCUT2D eigenvalue weighted by Gasteiger charge is -2.37. The Morgan fingerprint density at radius 3 is 2.61 bits per heavy atom. The second-order valence-corrected chi connectivity index (χ2v) is 5.61. The average molecular weight is 322 g/mol. The maximum atomic E-state index is 13.7. The standard InChI is InChI=1S/C16H19FN2O4/c1-9-11(4-3-5-12(9)17)15(21)19-8-10(14(20)18-2)6-7-13(19)16(22)23/h3-5,10,13H,6-8H2,1-2H3,(H,18,20)(H,22,23)/t10-,13-/m0/s1. The van der Waals surface area contributed by atoms with E-state index in [1.807, 2.05) is 0 Å². The number of hydrogen-bond acceptors (Lipinski definition) is 3. The SMILES string of the molecule is CNC(=O)[C@H]1CC[C@@H](C(=O)O)N(C(=O)c2cccc(F)c2C)C1. The molecule has 1 aliphatic rings. The number of rotatable bonds is 3.